The van der Waals surface area contributed by atoms with Gasteiger partial charge in [0, 0.05) is 5.56 Å². The molecule has 0 bridgehead atoms. The third kappa shape index (κ3) is 1.20. The summed E-state index contributed by atoms with van der Waals surface area (Å²) < 4.78 is 4.98. The largest absolute Gasteiger partial charge is 0.361 e. The fourth-order valence-electron chi connectivity index (χ4n) is 1.43. The zero-order valence-electron chi connectivity index (χ0n) is 7.80. The van der Waals surface area contributed by atoms with Crippen molar-refractivity contribution in [3.05, 3.63) is 17.0 Å². The summed E-state index contributed by atoms with van der Waals surface area (Å²) >= 11 is 0. The van der Waals surface area contributed by atoms with Crippen molar-refractivity contribution in [3.8, 4) is 6.07 Å². The quantitative estimate of drug-likeness (QED) is 0.638. The first-order valence-corrected chi connectivity index (χ1v) is 3.83. The van der Waals surface area contributed by atoms with E-state index in [4.69, 9.17) is 9.78 Å². The van der Waals surface area contributed by atoms with Crippen LogP contribution >= 0.6 is 0 Å². The van der Waals surface area contributed by atoms with Crippen LogP contribution in [0, 0.1) is 25.2 Å². The molecule has 0 spiro atoms. The van der Waals surface area contributed by atoms with Gasteiger partial charge in [0.1, 0.15) is 5.76 Å². The van der Waals surface area contributed by atoms with Gasteiger partial charge in [-0.2, -0.15) is 5.26 Å². The molecule has 0 atom stereocenters. The lowest BCUT2D eigenvalue weighted by atomic mass is 9.85. The zero-order chi connectivity index (χ0) is 9.35. The zero-order valence-corrected chi connectivity index (χ0v) is 7.80. The topological polar surface area (TPSA) is 49.8 Å². The van der Waals surface area contributed by atoms with Crippen LogP contribution in [0.25, 0.3) is 0 Å². The van der Waals surface area contributed by atoms with Crippen molar-refractivity contribution in [3.63, 3.8) is 0 Å². The third-order valence-electron chi connectivity index (χ3n) is 1.94. The predicted octanol–water partition coefficient (Wildman–Crippen LogP) is 2.09. The lowest BCUT2D eigenvalue weighted by Crippen LogP contribution is -2.15. The van der Waals surface area contributed by atoms with Crippen molar-refractivity contribution in [2.24, 2.45) is 0 Å². The summed E-state index contributed by atoms with van der Waals surface area (Å²) in [6, 6.07) is 2.23. The fourth-order valence-corrected chi connectivity index (χ4v) is 1.43. The summed E-state index contributed by atoms with van der Waals surface area (Å²) in [7, 11) is 0. The van der Waals surface area contributed by atoms with E-state index >= 15 is 0 Å². The van der Waals surface area contributed by atoms with E-state index in [1.807, 2.05) is 27.7 Å². The molecule has 1 heterocycles. The number of rotatable bonds is 1. The molecule has 0 fully saturated rings. The maximum absolute atomic E-state index is 8.90. The minimum absolute atomic E-state index is 0.506. The van der Waals surface area contributed by atoms with Crippen LogP contribution in [0.1, 0.15) is 30.9 Å². The molecule has 0 aromatic carbocycles. The number of nitriles is 1. The molecule has 0 amide bonds. The number of nitrogens with zero attached hydrogens (tertiary/aromatic N) is 2. The molecule has 12 heavy (non-hydrogen) atoms. The van der Waals surface area contributed by atoms with E-state index in [1.54, 1.807) is 0 Å². The summed E-state index contributed by atoms with van der Waals surface area (Å²) in [5.41, 5.74) is 1.21. The standard InChI is InChI=1S/C9H12N2O/c1-6-8(7(2)12-11-6)9(3,4)5-10/h1-4H3. The summed E-state index contributed by atoms with van der Waals surface area (Å²) in [4.78, 5) is 0. The van der Waals surface area contributed by atoms with Crippen LogP contribution in [0.2, 0.25) is 0 Å². The summed E-state index contributed by atoms with van der Waals surface area (Å²) in [6.45, 7) is 7.40. The minimum Gasteiger partial charge on any atom is -0.361 e. The molecule has 0 radical (unpaired) electrons. The van der Waals surface area contributed by atoms with Crippen LogP contribution in [0.3, 0.4) is 0 Å². The third-order valence-corrected chi connectivity index (χ3v) is 1.94. The van der Waals surface area contributed by atoms with E-state index in [1.165, 1.54) is 0 Å². The molecule has 0 saturated carbocycles. The Hall–Kier alpha value is -1.30. The highest BCUT2D eigenvalue weighted by Crippen LogP contribution is 2.27. The molecule has 1 rings (SSSR count). The summed E-state index contributed by atoms with van der Waals surface area (Å²) in [6.07, 6.45) is 0. The van der Waals surface area contributed by atoms with Gasteiger partial charge in [0.05, 0.1) is 17.2 Å². The van der Waals surface area contributed by atoms with E-state index in [9.17, 15) is 0 Å². The Labute approximate surface area is 72.0 Å². The molecular weight excluding hydrogens is 152 g/mol. The van der Waals surface area contributed by atoms with E-state index < -0.39 is 5.41 Å². The Bertz CT molecular complexity index is 311. The highest BCUT2D eigenvalue weighted by atomic mass is 16.5. The Kier molecular flexibility index (Phi) is 1.93. The normalized spacial score (nSPS) is 11.2. The van der Waals surface area contributed by atoms with Crippen LogP contribution in [0.15, 0.2) is 4.52 Å². The van der Waals surface area contributed by atoms with E-state index in [0.29, 0.717) is 0 Å². The van der Waals surface area contributed by atoms with Gasteiger partial charge in [-0.25, -0.2) is 0 Å². The lowest BCUT2D eigenvalue weighted by molar-refractivity contribution is 0.391. The van der Waals surface area contributed by atoms with Gasteiger partial charge in [-0.1, -0.05) is 5.16 Å². The smallest absolute Gasteiger partial charge is 0.138 e. The van der Waals surface area contributed by atoms with Crippen LogP contribution < -0.4 is 0 Å². The van der Waals surface area contributed by atoms with E-state index in [0.717, 1.165) is 17.0 Å². The fraction of sp³-hybridized carbons (Fsp3) is 0.556. The Morgan fingerprint density at radius 2 is 2.00 bits per heavy atom. The molecule has 0 aliphatic rings. The van der Waals surface area contributed by atoms with Crippen LogP contribution in [0.5, 0.6) is 0 Å². The summed E-state index contributed by atoms with van der Waals surface area (Å²) in [5, 5.41) is 12.7. The monoisotopic (exact) mass is 164 g/mol. The molecule has 1 aromatic heterocycles. The number of aryl methyl sites for hydroxylation is 2. The first kappa shape index (κ1) is 8.79. The molecular formula is C9H12N2O. The van der Waals surface area contributed by atoms with Crippen LogP contribution in [-0.4, -0.2) is 5.16 Å². The lowest BCUT2D eigenvalue weighted by Gasteiger charge is -2.13. The van der Waals surface area contributed by atoms with Gasteiger partial charge in [-0.05, 0) is 27.7 Å². The Morgan fingerprint density at radius 1 is 1.42 bits per heavy atom. The van der Waals surface area contributed by atoms with Crippen molar-refractivity contribution in [2.75, 3.05) is 0 Å². The van der Waals surface area contributed by atoms with Crippen LogP contribution in [0.4, 0.5) is 0 Å². The molecule has 0 aliphatic heterocycles. The Balaban J connectivity index is 3.28. The number of hydrogen-bond donors (Lipinski definition) is 0. The van der Waals surface area contributed by atoms with Crippen molar-refractivity contribution < 1.29 is 4.52 Å². The Morgan fingerprint density at radius 3 is 2.33 bits per heavy atom. The average molecular weight is 164 g/mol. The van der Waals surface area contributed by atoms with Crippen molar-refractivity contribution in [1.29, 1.82) is 5.26 Å². The second-order valence-corrected chi connectivity index (χ2v) is 3.44. The molecule has 1 aromatic rings. The average Bonchev–Trinajstić information content (AvgIpc) is 2.31. The highest BCUT2D eigenvalue weighted by molar-refractivity contribution is 5.34. The molecule has 0 unspecified atom stereocenters. The minimum atomic E-state index is -0.506. The van der Waals surface area contributed by atoms with Crippen molar-refractivity contribution in [2.45, 2.75) is 33.1 Å². The van der Waals surface area contributed by atoms with E-state index in [2.05, 4.69) is 11.2 Å². The van der Waals surface area contributed by atoms with Crippen LogP contribution in [-0.2, 0) is 5.41 Å². The van der Waals surface area contributed by atoms with E-state index in [-0.39, 0.29) is 0 Å². The second-order valence-electron chi connectivity index (χ2n) is 3.44. The molecule has 0 aliphatic carbocycles. The molecule has 0 saturated heterocycles. The van der Waals surface area contributed by atoms with Gasteiger partial charge in [-0.15, -0.1) is 0 Å². The van der Waals surface area contributed by atoms with Gasteiger partial charge in [0.25, 0.3) is 0 Å². The summed E-state index contributed by atoms with van der Waals surface area (Å²) in [5.74, 6) is 0.735. The van der Waals surface area contributed by atoms with Gasteiger partial charge in [0.2, 0.25) is 0 Å². The van der Waals surface area contributed by atoms with Crippen molar-refractivity contribution >= 4 is 0 Å². The second kappa shape index (κ2) is 2.63. The first-order chi connectivity index (χ1) is 5.49. The maximum atomic E-state index is 8.90. The predicted molar refractivity (Wildman–Crippen MR) is 44.6 cm³/mol. The van der Waals surface area contributed by atoms with Gasteiger partial charge in [-0.3, -0.25) is 0 Å². The van der Waals surface area contributed by atoms with Crippen molar-refractivity contribution in [1.82, 2.24) is 5.16 Å². The molecule has 0 N–H and O–H groups in total. The molecule has 64 valence electrons. The molecule has 3 heteroatoms. The number of aromatic nitrogens is 1. The SMILES string of the molecule is Cc1noc(C)c1C(C)(C)C#N. The number of hydrogen-bond acceptors (Lipinski definition) is 3. The van der Waals surface area contributed by atoms with Gasteiger partial charge < -0.3 is 4.52 Å². The first-order valence-electron chi connectivity index (χ1n) is 3.83. The van der Waals surface area contributed by atoms with Gasteiger partial charge in [0.15, 0.2) is 0 Å². The van der Waals surface area contributed by atoms with Gasteiger partial charge >= 0.3 is 0 Å². The highest BCUT2D eigenvalue weighted by Gasteiger charge is 2.27. The maximum Gasteiger partial charge on any atom is 0.138 e. The molecule has 3 nitrogen and oxygen atoms in total.